The number of rotatable bonds is 6. The number of amides is 1. The zero-order valence-corrected chi connectivity index (χ0v) is 14.5. The first-order valence-corrected chi connectivity index (χ1v) is 8.41. The highest BCUT2D eigenvalue weighted by Gasteiger charge is 2.29. The second kappa shape index (κ2) is 8.52. The molecule has 0 bridgehead atoms. The number of likely N-dealkylation sites (tertiary alicyclic amines) is 1. The van der Waals surface area contributed by atoms with Gasteiger partial charge < -0.3 is 15.2 Å². The van der Waals surface area contributed by atoms with Crippen molar-refractivity contribution in [2.45, 2.75) is 38.3 Å². The van der Waals surface area contributed by atoms with Gasteiger partial charge in [0.2, 0.25) is 5.91 Å². The number of hydrogen-bond donors (Lipinski definition) is 2. The molecule has 5 nitrogen and oxygen atoms in total. The summed E-state index contributed by atoms with van der Waals surface area (Å²) < 4.78 is 5.63. The number of aryl methyl sites for hydroxylation is 1. The highest BCUT2D eigenvalue weighted by atomic mass is 35.5. The Morgan fingerprint density at radius 2 is 2.30 bits per heavy atom. The van der Waals surface area contributed by atoms with Gasteiger partial charge in [0.1, 0.15) is 18.5 Å². The van der Waals surface area contributed by atoms with Crippen molar-refractivity contribution in [1.29, 1.82) is 0 Å². The molecule has 2 atom stereocenters. The SMILES string of the molecule is CNC(=O)C1CCCCN1CC(O)COc1cc(C)ccc1Cl. The third-order valence-electron chi connectivity index (χ3n) is 4.13. The number of ether oxygens (including phenoxy) is 1. The predicted octanol–water partition coefficient (Wildman–Crippen LogP) is 1.99. The maximum atomic E-state index is 11.9. The molecule has 1 aromatic rings. The van der Waals surface area contributed by atoms with Crippen LogP contribution in [0.15, 0.2) is 18.2 Å². The van der Waals surface area contributed by atoms with Crippen LogP contribution in [-0.4, -0.2) is 54.8 Å². The summed E-state index contributed by atoms with van der Waals surface area (Å²) in [5.41, 5.74) is 1.05. The van der Waals surface area contributed by atoms with Gasteiger partial charge in [0.25, 0.3) is 0 Å². The van der Waals surface area contributed by atoms with Crippen LogP contribution in [0, 0.1) is 6.92 Å². The number of benzene rings is 1. The number of carbonyl (C=O) groups is 1. The van der Waals surface area contributed by atoms with E-state index in [0.29, 0.717) is 17.3 Å². The summed E-state index contributed by atoms with van der Waals surface area (Å²) in [4.78, 5) is 14.0. The molecule has 2 N–H and O–H groups in total. The number of aliphatic hydroxyl groups is 1. The van der Waals surface area contributed by atoms with Crippen LogP contribution in [-0.2, 0) is 4.79 Å². The van der Waals surface area contributed by atoms with E-state index in [0.717, 1.165) is 31.4 Å². The van der Waals surface area contributed by atoms with Gasteiger partial charge in [-0.25, -0.2) is 0 Å². The molecule has 1 heterocycles. The Labute approximate surface area is 142 Å². The van der Waals surface area contributed by atoms with Crippen LogP contribution in [0.4, 0.5) is 0 Å². The number of nitrogens with one attached hydrogen (secondary N) is 1. The first-order chi connectivity index (χ1) is 11.0. The van der Waals surface area contributed by atoms with E-state index in [1.165, 1.54) is 0 Å². The van der Waals surface area contributed by atoms with Crippen LogP contribution in [0.1, 0.15) is 24.8 Å². The van der Waals surface area contributed by atoms with Gasteiger partial charge in [-0.05, 0) is 44.0 Å². The molecule has 0 aliphatic carbocycles. The van der Waals surface area contributed by atoms with Crippen molar-refractivity contribution < 1.29 is 14.6 Å². The molecule has 1 aromatic carbocycles. The van der Waals surface area contributed by atoms with Crippen LogP contribution in [0.2, 0.25) is 5.02 Å². The lowest BCUT2D eigenvalue weighted by molar-refractivity contribution is -0.127. The summed E-state index contributed by atoms with van der Waals surface area (Å²) in [6, 6.07) is 5.38. The smallest absolute Gasteiger partial charge is 0.237 e. The summed E-state index contributed by atoms with van der Waals surface area (Å²) in [5.74, 6) is 0.590. The van der Waals surface area contributed by atoms with Crippen LogP contribution in [0.3, 0.4) is 0 Å². The van der Waals surface area contributed by atoms with Crippen molar-refractivity contribution in [1.82, 2.24) is 10.2 Å². The third-order valence-corrected chi connectivity index (χ3v) is 4.44. The largest absolute Gasteiger partial charge is 0.489 e. The Morgan fingerprint density at radius 3 is 3.04 bits per heavy atom. The van der Waals surface area contributed by atoms with Crippen LogP contribution in [0.25, 0.3) is 0 Å². The van der Waals surface area contributed by atoms with Crippen molar-refractivity contribution in [2.75, 3.05) is 26.7 Å². The van der Waals surface area contributed by atoms with E-state index >= 15 is 0 Å². The molecule has 0 radical (unpaired) electrons. The molecule has 6 heteroatoms. The van der Waals surface area contributed by atoms with Crippen LogP contribution >= 0.6 is 11.6 Å². The van der Waals surface area contributed by atoms with E-state index in [-0.39, 0.29) is 18.6 Å². The van der Waals surface area contributed by atoms with Gasteiger partial charge in [-0.2, -0.15) is 0 Å². The number of β-amino-alcohol motifs (C(OH)–C–C–N with tert-alkyl or cyclic N) is 1. The molecular formula is C17H25ClN2O3. The van der Waals surface area contributed by atoms with Crippen molar-refractivity contribution in [3.05, 3.63) is 28.8 Å². The van der Waals surface area contributed by atoms with Crippen molar-refractivity contribution in [3.63, 3.8) is 0 Å². The zero-order chi connectivity index (χ0) is 16.8. The van der Waals surface area contributed by atoms with Crippen molar-refractivity contribution in [2.24, 2.45) is 0 Å². The minimum atomic E-state index is -0.670. The van der Waals surface area contributed by atoms with E-state index in [9.17, 15) is 9.90 Å². The molecule has 1 amide bonds. The summed E-state index contributed by atoms with van der Waals surface area (Å²) in [6.07, 6.45) is 2.25. The number of aliphatic hydroxyl groups excluding tert-OH is 1. The van der Waals surface area contributed by atoms with Gasteiger partial charge in [0.15, 0.2) is 0 Å². The molecule has 0 saturated carbocycles. The summed E-state index contributed by atoms with van der Waals surface area (Å²) in [5, 5.41) is 13.5. The quantitative estimate of drug-likeness (QED) is 0.831. The molecule has 1 aliphatic rings. The van der Waals surface area contributed by atoms with E-state index in [2.05, 4.69) is 5.32 Å². The fraction of sp³-hybridized carbons (Fsp3) is 0.588. The lowest BCUT2D eigenvalue weighted by Crippen LogP contribution is -2.51. The lowest BCUT2D eigenvalue weighted by atomic mass is 10.0. The maximum absolute atomic E-state index is 11.9. The number of likely N-dealkylation sites (N-methyl/N-ethyl adjacent to an activating group) is 1. The molecule has 0 spiro atoms. The Bertz CT molecular complexity index is 539. The van der Waals surface area contributed by atoms with Gasteiger partial charge >= 0.3 is 0 Å². The predicted molar refractivity (Wildman–Crippen MR) is 91.0 cm³/mol. The maximum Gasteiger partial charge on any atom is 0.237 e. The number of halogens is 1. The van der Waals surface area contributed by atoms with Crippen molar-refractivity contribution in [3.8, 4) is 5.75 Å². The van der Waals surface area contributed by atoms with Gasteiger partial charge in [0, 0.05) is 13.6 Å². The topological polar surface area (TPSA) is 61.8 Å². The Balaban J connectivity index is 1.89. The standard InChI is InChI=1S/C17H25ClN2O3/c1-12-6-7-14(18)16(9-12)23-11-13(21)10-20-8-4-3-5-15(20)17(22)19-2/h6-7,9,13,15,21H,3-5,8,10-11H2,1-2H3,(H,19,22). The fourth-order valence-corrected chi connectivity index (χ4v) is 3.08. The summed E-state index contributed by atoms with van der Waals surface area (Å²) in [7, 11) is 1.65. The van der Waals surface area contributed by atoms with Gasteiger partial charge in [-0.1, -0.05) is 24.1 Å². The lowest BCUT2D eigenvalue weighted by Gasteiger charge is -2.35. The Kier molecular flexibility index (Phi) is 6.69. The number of piperidine rings is 1. The minimum absolute atomic E-state index is 0.0135. The normalized spacial score (nSPS) is 20.1. The van der Waals surface area contributed by atoms with Crippen LogP contribution < -0.4 is 10.1 Å². The first-order valence-electron chi connectivity index (χ1n) is 8.04. The first kappa shape index (κ1) is 18.0. The Morgan fingerprint density at radius 1 is 1.52 bits per heavy atom. The third kappa shape index (κ3) is 5.09. The molecule has 1 aliphatic heterocycles. The van der Waals surface area contributed by atoms with Crippen LogP contribution in [0.5, 0.6) is 5.75 Å². The summed E-state index contributed by atoms with van der Waals surface area (Å²) in [6.45, 7) is 3.35. The molecule has 1 fully saturated rings. The fourth-order valence-electron chi connectivity index (χ4n) is 2.90. The number of carbonyl (C=O) groups excluding carboxylic acids is 1. The van der Waals surface area contributed by atoms with E-state index < -0.39 is 6.10 Å². The second-order valence-electron chi connectivity index (χ2n) is 6.02. The zero-order valence-electron chi connectivity index (χ0n) is 13.7. The molecule has 1 saturated heterocycles. The monoisotopic (exact) mass is 340 g/mol. The Hall–Kier alpha value is -1.30. The highest BCUT2D eigenvalue weighted by molar-refractivity contribution is 6.32. The van der Waals surface area contributed by atoms with E-state index in [4.69, 9.17) is 16.3 Å². The molecule has 2 unspecified atom stereocenters. The molecular weight excluding hydrogens is 316 g/mol. The minimum Gasteiger partial charge on any atom is -0.489 e. The van der Waals surface area contributed by atoms with Gasteiger partial charge in [-0.15, -0.1) is 0 Å². The molecule has 2 rings (SSSR count). The van der Waals surface area contributed by atoms with Gasteiger partial charge in [-0.3, -0.25) is 9.69 Å². The van der Waals surface area contributed by atoms with Crippen molar-refractivity contribution >= 4 is 17.5 Å². The number of nitrogens with zero attached hydrogens (tertiary/aromatic N) is 1. The van der Waals surface area contributed by atoms with Gasteiger partial charge in [0.05, 0.1) is 11.1 Å². The van der Waals surface area contributed by atoms with E-state index in [1.807, 2.05) is 24.0 Å². The highest BCUT2D eigenvalue weighted by Crippen LogP contribution is 2.25. The number of hydrogen-bond acceptors (Lipinski definition) is 4. The molecule has 0 aromatic heterocycles. The molecule has 23 heavy (non-hydrogen) atoms. The second-order valence-corrected chi connectivity index (χ2v) is 6.43. The van der Waals surface area contributed by atoms with E-state index in [1.54, 1.807) is 13.1 Å². The molecule has 128 valence electrons. The average Bonchev–Trinajstić information content (AvgIpc) is 2.55. The average molecular weight is 341 g/mol. The summed E-state index contributed by atoms with van der Waals surface area (Å²) >= 11 is 6.09.